The Hall–Kier alpha value is -3.60. The van der Waals surface area contributed by atoms with Gasteiger partial charge in [-0.05, 0) is 63.7 Å². The summed E-state index contributed by atoms with van der Waals surface area (Å²) >= 11 is 8.30. The fourth-order valence-corrected chi connectivity index (χ4v) is 6.70. The summed E-state index contributed by atoms with van der Waals surface area (Å²) in [6.45, 7) is 2.91. The molecule has 2 aliphatic rings. The molecule has 0 spiro atoms. The Labute approximate surface area is 235 Å². The molecule has 1 saturated heterocycles. The van der Waals surface area contributed by atoms with Crippen molar-refractivity contribution in [2.75, 3.05) is 32.5 Å². The van der Waals surface area contributed by atoms with E-state index in [0.717, 1.165) is 58.9 Å². The number of fused-ring (bicyclic) bond motifs is 3. The van der Waals surface area contributed by atoms with Crippen LogP contribution in [0, 0.1) is 0 Å². The second-order valence-electron chi connectivity index (χ2n) is 10.1. The average molecular weight is 562 g/mol. The predicted octanol–water partition coefficient (Wildman–Crippen LogP) is 4.54. The van der Waals surface area contributed by atoms with Crippen LogP contribution in [0.3, 0.4) is 0 Å². The first-order valence-electron chi connectivity index (χ1n) is 12.9. The van der Waals surface area contributed by atoms with Crippen LogP contribution < -0.4 is 5.32 Å². The lowest BCUT2D eigenvalue weighted by Crippen LogP contribution is -2.34. The summed E-state index contributed by atoms with van der Waals surface area (Å²) in [4.78, 5) is 39.0. The molecule has 0 bridgehead atoms. The molecule has 4 heterocycles. The van der Waals surface area contributed by atoms with Gasteiger partial charge in [0, 0.05) is 55.1 Å². The molecule has 200 valence electrons. The van der Waals surface area contributed by atoms with Crippen molar-refractivity contribution >= 4 is 39.9 Å². The number of hydrogen-bond acceptors (Lipinski definition) is 7. The van der Waals surface area contributed by atoms with E-state index in [0.29, 0.717) is 34.0 Å². The van der Waals surface area contributed by atoms with Crippen LogP contribution in [0.4, 0.5) is 5.13 Å². The molecule has 3 aromatic heterocycles. The number of halogens is 1. The lowest BCUT2D eigenvalue weighted by Gasteiger charge is -2.21. The minimum atomic E-state index is -0.163. The molecule has 0 saturated carbocycles. The average Bonchev–Trinajstić information content (AvgIpc) is 3.65. The van der Waals surface area contributed by atoms with Gasteiger partial charge in [-0.15, -0.1) is 0 Å². The Morgan fingerprint density at radius 3 is 2.74 bits per heavy atom. The van der Waals surface area contributed by atoms with Gasteiger partial charge in [0.05, 0.1) is 32.7 Å². The van der Waals surface area contributed by atoms with Gasteiger partial charge in [-0.3, -0.25) is 14.6 Å². The van der Waals surface area contributed by atoms with Gasteiger partial charge >= 0.3 is 0 Å². The minimum absolute atomic E-state index is 0.0176. The van der Waals surface area contributed by atoms with Gasteiger partial charge in [-0.2, -0.15) is 5.10 Å². The van der Waals surface area contributed by atoms with Crippen LogP contribution in [-0.2, 0) is 17.6 Å². The van der Waals surface area contributed by atoms with Crippen molar-refractivity contribution < 1.29 is 9.59 Å². The van der Waals surface area contributed by atoms with Crippen molar-refractivity contribution in [3.05, 3.63) is 64.6 Å². The predicted molar refractivity (Wildman–Crippen MR) is 153 cm³/mol. The second kappa shape index (κ2) is 10.2. The summed E-state index contributed by atoms with van der Waals surface area (Å²) < 4.78 is 1.85. The maximum atomic E-state index is 13.3. The number of carbonyl (C=O) groups is 2. The topological polar surface area (TPSA) is 96.2 Å². The van der Waals surface area contributed by atoms with Crippen LogP contribution in [0.2, 0.25) is 5.02 Å². The number of hydrogen-bond donors (Lipinski definition) is 1. The molecule has 1 unspecified atom stereocenters. The molecule has 1 N–H and O–H groups in total. The zero-order valence-corrected chi connectivity index (χ0v) is 23.5. The number of aromatic nitrogens is 4. The Kier molecular flexibility index (Phi) is 6.70. The lowest BCUT2D eigenvalue weighted by atomic mass is 9.95. The molecule has 4 aromatic rings. The Balaban J connectivity index is 1.42. The summed E-state index contributed by atoms with van der Waals surface area (Å²) in [5.74, 6) is -0.180. The molecule has 1 aliphatic carbocycles. The molecule has 11 heteroatoms. The summed E-state index contributed by atoms with van der Waals surface area (Å²) in [5.41, 5.74) is 5.88. The number of pyridine rings is 1. The number of likely N-dealkylation sites (tertiary alicyclic amines) is 1. The molecular weight excluding hydrogens is 534 g/mol. The highest BCUT2D eigenvalue weighted by Gasteiger charge is 2.32. The largest absolute Gasteiger partial charge is 0.337 e. The van der Waals surface area contributed by atoms with Crippen LogP contribution >= 0.6 is 22.9 Å². The second-order valence-corrected chi connectivity index (χ2v) is 11.5. The molecule has 9 nitrogen and oxygen atoms in total. The minimum Gasteiger partial charge on any atom is -0.337 e. The third-order valence-corrected chi connectivity index (χ3v) is 8.65. The third kappa shape index (κ3) is 4.73. The van der Waals surface area contributed by atoms with Crippen LogP contribution in [0.1, 0.15) is 35.0 Å². The summed E-state index contributed by atoms with van der Waals surface area (Å²) in [7, 11) is 4.09. The number of benzene rings is 1. The Bertz CT molecular complexity index is 1580. The number of amides is 2. The molecule has 2 amide bonds. The first kappa shape index (κ1) is 25.7. The number of anilines is 1. The van der Waals surface area contributed by atoms with Gasteiger partial charge in [-0.25, -0.2) is 9.67 Å². The fourth-order valence-electron chi connectivity index (χ4n) is 5.33. The fraction of sp³-hybridized carbons (Fsp3) is 0.321. The van der Waals surface area contributed by atoms with E-state index in [-0.39, 0.29) is 11.8 Å². The molecule has 1 atom stereocenters. The van der Waals surface area contributed by atoms with E-state index < -0.39 is 0 Å². The summed E-state index contributed by atoms with van der Waals surface area (Å²) in [6.07, 6.45) is 5.98. The van der Waals surface area contributed by atoms with Crippen molar-refractivity contribution in [3.63, 3.8) is 0 Å². The number of likely N-dealkylation sites (N-methyl/N-ethyl adjacent to an activating group) is 1. The quantitative estimate of drug-likeness (QED) is 0.384. The number of carbonyl (C=O) groups excluding carboxylic acids is 2. The van der Waals surface area contributed by atoms with Crippen LogP contribution in [-0.4, -0.2) is 74.6 Å². The number of nitrogens with zero attached hydrogens (tertiary/aromatic N) is 6. The Morgan fingerprint density at radius 2 is 2.05 bits per heavy atom. The zero-order chi connectivity index (χ0) is 27.3. The SMILES string of the molecule is CC(=O)Nc1nc2c(s1)-c1c(c(-c3cccnc3)nn1-c1ccc(C(=O)N3CCC(N(C)C)C3)cc1Cl)CC2. The van der Waals surface area contributed by atoms with Crippen molar-refractivity contribution in [1.82, 2.24) is 29.5 Å². The van der Waals surface area contributed by atoms with E-state index >= 15 is 0 Å². The van der Waals surface area contributed by atoms with Crippen molar-refractivity contribution in [1.29, 1.82) is 0 Å². The van der Waals surface area contributed by atoms with Gasteiger partial charge in [0.25, 0.3) is 5.91 Å². The standard InChI is InChI=1S/C28H28ClN7O2S/c1-16(37)31-28-32-22-8-7-20-24(18-5-4-11-30-14-18)33-36(25(20)26(22)39-28)23-9-6-17(13-21(23)29)27(38)35-12-10-19(15-35)34(2)3/h4-6,9,11,13-14,19H,7-8,10,12,15H2,1-3H3,(H,31,32,37). The van der Waals surface area contributed by atoms with Crippen LogP contribution in [0.5, 0.6) is 0 Å². The zero-order valence-electron chi connectivity index (χ0n) is 21.9. The monoisotopic (exact) mass is 561 g/mol. The van der Waals surface area contributed by atoms with Gasteiger partial charge in [0.15, 0.2) is 5.13 Å². The highest BCUT2D eigenvalue weighted by atomic mass is 35.5. The van der Waals surface area contributed by atoms with E-state index in [1.165, 1.54) is 18.3 Å². The molecule has 1 fully saturated rings. The van der Waals surface area contributed by atoms with E-state index in [1.807, 2.05) is 47.9 Å². The third-order valence-electron chi connectivity index (χ3n) is 7.33. The maximum absolute atomic E-state index is 13.3. The highest BCUT2D eigenvalue weighted by molar-refractivity contribution is 7.19. The lowest BCUT2D eigenvalue weighted by molar-refractivity contribution is -0.114. The normalized spacial score (nSPS) is 16.3. The number of thiazole rings is 1. The molecule has 1 aromatic carbocycles. The van der Waals surface area contributed by atoms with E-state index in [1.54, 1.807) is 18.5 Å². The smallest absolute Gasteiger partial charge is 0.253 e. The number of rotatable bonds is 5. The molecular formula is C28H28ClN7O2S. The first-order chi connectivity index (χ1) is 18.8. The maximum Gasteiger partial charge on any atom is 0.253 e. The van der Waals surface area contributed by atoms with Gasteiger partial charge in [-0.1, -0.05) is 22.9 Å². The molecule has 6 rings (SSSR count). The van der Waals surface area contributed by atoms with Crippen LogP contribution in [0.25, 0.3) is 27.5 Å². The summed E-state index contributed by atoms with van der Waals surface area (Å²) in [5, 5.41) is 8.84. The summed E-state index contributed by atoms with van der Waals surface area (Å²) in [6, 6.07) is 9.66. The first-order valence-corrected chi connectivity index (χ1v) is 14.0. The molecule has 39 heavy (non-hydrogen) atoms. The molecule has 0 radical (unpaired) electrons. The highest BCUT2D eigenvalue weighted by Crippen LogP contribution is 2.44. The van der Waals surface area contributed by atoms with Gasteiger partial charge in [0.1, 0.15) is 0 Å². The van der Waals surface area contributed by atoms with E-state index in [4.69, 9.17) is 16.7 Å². The van der Waals surface area contributed by atoms with E-state index in [2.05, 4.69) is 20.2 Å². The molecule has 1 aliphatic heterocycles. The van der Waals surface area contributed by atoms with Crippen molar-refractivity contribution in [2.24, 2.45) is 0 Å². The van der Waals surface area contributed by atoms with Crippen LogP contribution in [0.15, 0.2) is 42.7 Å². The van der Waals surface area contributed by atoms with Crippen molar-refractivity contribution in [3.8, 4) is 27.5 Å². The van der Waals surface area contributed by atoms with Crippen molar-refractivity contribution in [2.45, 2.75) is 32.2 Å². The van der Waals surface area contributed by atoms with Gasteiger partial charge in [0.2, 0.25) is 5.91 Å². The number of nitrogens with one attached hydrogen (secondary N) is 1. The number of aryl methyl sites for hydroxylation is 1. The van der Waals surface area contributed by atoms with Gasteiger partial charge < -0.3 is 15.1 Å². The Morgan fingerprint density at radius 1 is 1.21 bits per heavy atom. The van der Waals surface area contributed by atoms with E-state index in [9.17, 15) is 9.59 Å².